The molecule has 0 amide bonds. The van der Waals surface area contributed by atoms with Gasteiger partial charge in [-0.2, -0.15) is 9.61 Å². The lowest BCUT2D eigenvalue weighted by Crippen LogP contribution is -2.07. The maximum Gasteiger partial charge on any atom is 0.235 e. The van der Waals surface area contributed by atoms with E-state index in [9.17, 15) is 0 Å². The molecule has 0 saturated heterocycles. The molecule has 0 bridgehead atoms. The van der Waals surface area contributed by atoms with E-state index in [2.05, 4.69) is 44.5 Å². The fourth-order valence-electron chi connectivity index (χ4n) is 2.88. The second kappa shape index (κ2) is 6.68. The molecule has 0 aliphatic carbocycles. The molecule has 0 spiro atoms. The molecule has 8 nitrogen and oxygen atoms in total. The first-order valence-electron chi connectivity index (χ1n) is 8.69. The van der Waals surface area contributed by atoms with Crippen molar-refractivity contribution in [3.8, 4) is 27.8 Å². The molecular weight excluding hydrogens is 378 g/mol. The van der Waals surface area contributed by atoms with Gasteiger partial charge in [-0.1, -0.05) is 11.3 Å². The first kappa shape index (κ1) is 16.8. The van der Waals surface area contributed by atoms with Gasteiger partial charge in [0, 0.05) is 31.4 Å². The van der Waals surface area contributed by atoms with E-state index in [1.54, 1.807) is 10.6 Å². The number of aromatic nitrogens is 4. The maximum absolute atomic E-state index is 5.84. The minimum atomic E-state index is 0.237. The van der Waals surface area contributed by atoms with Crippen molar-refractivity contribution in [2.75, 3.05) is 25.8 Å². The van der Waals surface area contributed by atoms with Crippen LogP contribution in [0.25, 0.3) is 15.5 Å². The summed E-state index contributed by atoms with van der Waals surface area (Å²) in [6, 6.07) is 13.7. The van der Waals surface area contributed by atoms with Gasteiger partial charge in [-0.05, 0) is 36.4 Å². The first-order chi connectivity index (χ1) is 13.7. The van der Waals surface area contributed by atoms with Crippen LogP contribution in [0.3, 0.4) is 0 Å². The van der Waals surface area contributed by atoms with Crippen LogP contribution < -0.4 is 19.1 Å². The molecule has 28 heavy (non-hydrogen) atoms. The fraction of sp³-hybridized carbons (Fsp3) is 0.211. The molecule has 1 aliphatic rings. The minimum absolute atomic E-state index is 0.237. The van der Waals surface area contributed by atoms with Crippen molar-refractivity contribution in [1.29, 1.82) is 0 Å². The number of anilines is 1. The molecule has 4 aromatic rings. The zero-order chi connectivity index (χ0) is 19.1. The molecule has 9 heteroatoms. The van der Waals surface area contributed by atoms with Crippen LogP contribution in [0.4, 0.5) is 5.69 Å². The highest BCUT2D eigenvalue weighted by atomic mass is 32.1. The zero-order valence-corrected chi connectivity index (χ0v) is 16.1. The van der Waals surface area contributed by atoms with Crippen molar-refractivity contribution < 1.29 is 14.2 Å². The number of ether oxygens (including phenoxy) is 3. The van der Waals surface area contributed by atoms with Crippen molar-refractivity contribution in [3.05, 3.63) is 48.3 Å². The Hall–Kier alpha value is -3.33. The quantitative estimate of drug-likeness (QED) is 0.514. The topological polar surface area (TPSA) is 74.0 Å². The summed E-state index contributed by atoms with van der Waals surface area (Å²) in [5.74, 6) is 2.72. The van der Waals surface area contributed by atoms with Crippen LogP contribution in [0, 0.1) is 0 Å². The Kier molecular flexibility index (Phi) is 4.01. The monoisotopic (exact) mass is 395 g/mol. The normalized spacial score (nSPS) is 12.5. The van der Waals surface area contributed by atoms with Crippen LogP contribution in [-0.4, -0.2) is 40.7 Å². The lowest BCUT2D eigenvalue weighted by Gasteiger charge is -2.11. The molecule has 0 atom stereocenters. The van der Waals surface area contributed by atoms with Gasteiger partial charge in [-0.25, -0.2) is 0 Å². The third kappa shape index (κ3) is 2.99. The molecule has 0 N–H and O–H groups in total. The van der Waals surface area contributed by atoms with Gasteiger partial charge < -0.3 is 19.1 Å². The summed E-state index contributed by atoms with van der Waals surface area (Å²) >= 11 is 1.50. The Morgan fingerprint density at radius 2 is 1.89 bits per heavy atom. The summed E-state index contributed by atoms with van der Waals surface area (Å²) in [5, 5.41) is 14.0. The van der Waals surface area contributed by atoms with Gasteiger partial charge >= 0.3 is 0 Å². The van der Waals surface area contributed by atoms with E-state index >= 15 is 0 Å². The van der Waals surface area contributed by atoms with Crippen LogP contribution in [0.1, 0.15) is 5.82 Å². The molecule has 5 rings (SSSR count). The van der Waals surface area contributed by atoms with Gasteiger partial charge in [-0.15, -0.1) is 10.2 Å². The third-order valence-corrected chi connectivity index (χ3v) is 5.35. The molecule has 0 fully saturated rings. The smallest absolute Gasteiger partial charge is 0.235 e. The standard InChI is InChI=1S/C19H17N5O3S/c1-23(2)13-5-3-12(4-6-13)18-22-24-17(20-21-19(24)28-18)10-25-14-7-8-15-16(9-14)27-11-26-15/h3-9H,10-11H2,1-2H3. The molecule has 3 heterocycles. The lowest BCUT2D eigenvalue weighted by atomic mass is 10.2. The number of hydrogen-bond acceptors (Lipinski definition) is 8. The van der Waals surface area contributed by atoms with Crippen LogP contribution in [-0.2, 0) is 6.61 Å². The average Bonchev–Trinajstić information content (AvgIpc) is 3.42. The van der Waals surface area contributed by atoms with E-state index < -0.39 is 0 Å². The Morgan fingerprint density at radius 1 is 1.07 bits per heavy atom. The largest absolute Gasteiger partial charge is 0.485 e. The summed E-state index contributed by atoms with van der Waals surface area (Å²) in [6.07, 6.45) is 0. The molecule has 1 aliphatic heterocycles. The highest BCUT2D eigenvalue weighted by molar-refractivity contribution is 7.19. The van der Waals surface area contributed by atoms with Gasteiger partial charge in [0.05, 0.1) is 0 Å². The van der Waals surface area contributed by atoms with Gasteiger partial charge in [0.25, 0.3) is 0 Å². The number of fused-ring (bicyclic) bond motifs is 2. The first-order valence-corrected chi connectivity index (χ1v) is 9.50. The SMILES string of the molecule is CN(C)c1ccc(-c2nn3c(COc4ccc5c(c4)OCO5)nnc3s2)cc1. The Morgan fingerprint density at radius 3 is 2.71 bits per heavy atom. The molecule has 2 aromatic carbocycles. The molecule has 2 aromatic heterocycles. The molecule has 142 valence electrons. The zero-order valence-electron chi connectivity index (χ0n) is 15.3. The van der Waals surface area contributed by atoms with Crippen LogP contribution in [0.2, 0.25) is 0 Å². The second-order valence-electron chi connectivity index (χ2n) is 6.46. The molecule has 0 radical (unpaired) electrons. The molecule has 0 unspecified atom stereocenters. The van der Waals surface area contributed by atoms with E-state index in [0.717, 1.165) is 27.0 Å². The van der Waals surface area contributed by atoms with Gasteiger partial charge in [0.2, 0.25) is 11.8 Å². The van der Waals surface area contributed by atoms with Crippen molar-refractivity contribution in [1.82, 2.24) is 19.8 Å². The number of benzene rings is 2. The summed E-state index contributed by atoms with van der Waals surface area (Å²) in [4.78, 5) is 2.80. The highest BCUT2D eigenvalue weighted by Gasteiger charge is 2.16. The number of rotatable bonds is 5. The van der Waals surface area contributed by atoms with E-state index in [4.69, 9.17) is 14.2 Å². The fourth-order valence-corrected chi connectivity index (χ4v) is 3.74. The maximum atomic E-state index is 5.84. The number of hydrogen-bond donors (Lipinski definition) is 0. The Bertz CT molecular complexity index is 1140. The van der Waals surface area contributed by atoms with E-state index in [1.807, 2.05) is 26.2 Å². The summed E-state index contributed by atoms with van der Waals surface area (Å²) in [5.41, 5.74) is 2.19. The van der Waals surface area contributed by atoms with Crippen molar-refractivity contribution in [2.24, 2.45) is 0 Å². The van der Waals surface area contributed by atoms with E-state index in [-0.39, 0.29) is 13.4 Å². The van der Waals surface area contributed by atoms with E-state index in [0.29, 0.717) is 17.3 Å². The lowest BCUT2D eigenvalue weighted by molar-refractivity contribution is 0.173. The number of nitrogens with zero attached hydrogens (tertiary/aromatic N) is 5. The molecular formula is C19H17N5O3S. The summed E-state index contributed by atoms with van der Waals surface area (Å²) in [6.45, 7) is 0.490. The van der Waals surface area contributed by atoms with Gasteiger partial charge in [0.15, 0.2) is 17.3 Å². The Labute approximate surface area is 164 Å². The predicted molar refractivity (Wildman–Crippen MR) is 105 cm³/mol. The van der Waals surface area contributed by atoms with Gasteiger partial charge in [0.1, 0.15) is 17.4 Å². The third-order valence-electron chi connectivity index (χ3n) is 4.40. The molecule has 0 saturated carbocycles. The van der Waals surface area contributed by atoms with Crippen molar-refractivity contribution >= 4 is 22.0 Å². The van der Waals surface area contributed by atoms with Gasteiger partial charge in [-0.3, -0.25) is 0 Å². The van der Waals surface area contributed by atoms with Crippen molar-refractivity contribution in [2.45, 2.75) is 6.61 Å². The summed E-state index contributed by atoms with van der Waals surface area (Å²) in [7, 11) is 4.04. The average molecular weight is 395 g/mol. The highest BCUT2D eigenvalue weighted by Crippen LogP contribution is 2.35. The summed E-state index contributed by atoms with van der Waals surface area (Å²) < 4.78 is 18.3. The van der Waals surface area contributed by atoms with Crippen LogP contribution in [0.15, 0.2) is 42.5 Å². The van der Waals surface area contributed by atoms with Crippen LogP contribution in [0.5, 0.6) is 17.2 Å². The van der Waals surface area contributed by atoms with E-state index in [1.165, 1.54) is 11.3 Å². The Balaban J connectivity index is 1.36. The minimum Gasteiger partial charge on any atom is -0.485 e. The van der Waals surface area contributed by atoms with Crippen LogP contribution >= 0.6 is 11.3 Å². The van der Waals surface area contributed by atoms with Crippen molar-refractivity contribution in [3.63, 3.8) is 0 Å². The predicted octanol–water partition coefficient (Wildman–Crippen LogP) is 3.23. The second-order valence-corrected chi connectivity index (χ2v) is 7.42.